The van der Waals surface area contributed by atoms with Crippen molar-refractivity contribution in [3.05, 3.63) is 83.7 Å². The number of esters is 1. The molecule has 0 saturated heterocycles. The fourth-order valence-corrected chi connectivity index (χ4v) is 4.09. The molecule has 0 bridgehead atoms. The zero-order valence-electron chi connectivity index (χ0n) is 14.9. The van der Waals surface area contributed by atoms with E-state index in [0.29, 0.717) is 5.16 Å². The van der Waals surface area contributed by atoms with Gasteiger partial charge in [-0.05, 0) is 29.1 Å². The molecule has 140 valence electrons. The third kappa shape index (κ3) is 4.32. The Morgan fingerprint density at radius 1 is 0.964 bits per heavy atom. The van der Waals surface area contributed by atoms with E-state index in [2.05, 4.69) is 10.2 Å². The highest BCUT2D eigenvalue weighted by Gasteiger charge is 2.18. The lowest BCUT2D eigenvalue weighted by Crippen LogP contribution is -2.08. The van der Waals surface area contributed by atoms with E-state index >= 15 is 0 Å². The number of thioether (sulfide) groups is 1. The highest BCUT2D eigenvalue weighted by molar-refractivity contribution is 7.99. The van der Waals surface area contributed by atoms with Crippen molar-refractivity contribution in [1.29, 1.82) is 0 Å². The molecule has 0 amide bonds. The van der Waals surface area contributed by atoms with Crippen LogP contribution in [0.5, 0.6) is 0 Å². The van der Waals surface area contributed by atoms with Gasteiger partial charge < -0.3 is 4.74 Å². The standard InChI is InChI=1S/C21H17N3O2S2/c25-19(26-14-16-8-3-1-4-9-16)15-28-21-23-22-20(18-12-7-13-27-18)24(21)17-10-5-2-6-11-17/h1-13H,14-15H2. The molecule has 2 aromatic carbocycles. The molecule has 0 N–H and O–H groups in total. The molecule has 0 saturated carbocycles. The monoisotopic (exact) mass is 407 g/mol. The molecule has 28 heavy (non-hydrogen) atoms. The topological polar surface area (TPSA) is 57.0 Å². The average molecular weight is 408 g/mol. The highest BCUT2D eigenvalue weighted by atomic mass is 32.2. The Balaban J connectivity index is 1.49. The summed E-state index contributed by atoms with van der Waals surface area (Å²) < 4.78 is 7.33. The molecule has 0 unspecified atom stereocenters. The number of rotatable bonds is 7. The summed E-state index contributed by atoms with van der Waals surface area (Å²) in [6.45, 7) is 0.270. The molecule has 0 fully saturated rings. The first-order chi connectivity index (χ1) is 13.8. The van der Waals surface area contributed by atoms with Gasteiger partial charge in [0.25, 0.3) is 0 Å². The highest BCUT2D eigenvalue weighted by Crippen LogP contribution is 2.30. The maximum absolute atomic E-state index is 12.2. The van der Waals surface area contributed by atoms with Gasteiger partial charge in [-0.15, -0.1) is 21.5 Å². The van der Waals surface area contributed by atoms with Crippen LogP contribution in [0.15, 0.2) is 83.3 Å². The summed E-state index contributed by atoms with van der Waals surface area (Å²) >= 11 is 2.93. The lowest BCUT2D eigenvalue weighted by Gasteiger charge is -2.09. The minimum absolute atomic E-state index is 0.169. The van der Waals surface area contributed by atoms with E-state index in [1.165, 1.54) is 11.8 Å². The van der Waals surface area contributed by atoms with Gasteiger partial charge in [0.2, 0.25) is 0 Å². The third-order valence-electron chi connectivity index (χ3n) is 3.95. The van der Waals surface area contributed by atoms with Crippen molar-refractivity contribution in [1.82, 2.24) is 14.8 Å². The second-order valence-electron chi connectivity index (χ2n) is 5.89. The first kappa shape index (κ1) is 18.5. The summed E-state index contributed by atoms with van der Waals surface area (Å²) in [6, 6.07) is 23.5. The van der Waals surface area contributed by atoms with E-state index in [9.17, 15) is 4.79 Å². The minimum Gasteiger partial charge on any atom is -0.460 e. The van der Waals surface area contributed by atoms with E-state index in [-0.39, 0.29) is 18.3 Å². The van der Waals surface area contributed by atoms with Crippen molar-refractivity contribution in [3.8, 4) is 16.4 Å². The smallest absolute Gasteiger partial charge is 0.316 e. The maximum atomic E-state index is 12.2. The largest absolute Gasteiger partial charge is 0.460 e. The number of ether oxygens (including phenoxy) is 1. The number of carbonyl (C=O) groups excluding carboxylic acids is 1. The van der Waals surface area contributed by atoms with Crippen molar-refractivity contribution in [2.24, 2.45) is 0 Å². The Hall–Kier alpha value is -2.90. The molecular weight excluding hydrogens is 390 g/mol. The summed E-state index contributed by atoms with van der Waals surface area (Å²) in [5.74, 6) is 0.651. The van der Waals surface area contributed by atoms with Crippen molar-refractivity contribution in [3.63, 3.8) is 0 Å². The molecule has 7 heteroatoms. The van der Waals surface area contributed by atoms with Crippen LogP contribution in [0.3, 0.4) is 0 Å². The Morgan fingerprint density at radius 3 is 2.43 bits per heavy atom. The van der Waals surface area contributed by atoms with Gasteiger partial charge in [-0.25, -0.2) is 0 Å². The minimum atomic E-state index is -0.283. The van der Waals surface area contributed by atoms with E-state index in [4.69, 9.17) is 4.74 Å². The van der Waals surface area contributed by atoms with E-state index < -0.39 is 0 Å². The van der Waals surface area contributed by atoms with Gasteiger partial charge in [-0.2, -0.15) is 0 Å². The SMILES string of the molecule is O=C(CSc1nnc(-c2cccs2)n1-c1ccccc1)OCc1ccccc1. The first-order valence-corrected chi connectivity index (χ1v) is 10.5. The Morgan fingerprint density at radius 2 is 1.71 bits per heavy atom. The summed E-state index contributed by atoms with van der Waals surface area (Å²) in [5.41, 5.74) is 1.92. The Kier molecular flexibility index (Phi) is 5.84. The van der Waals surface area contributed by atoms with E-state index in [1.54, 1.807) is 11.3 Å². The molecule has 0 aliphatic rings. The number of hydrogen-bond acceptors (Lipinski definition) is 6. The molecule has 2 aromatic heterocycles. The predicted molar refractivity (Wildman–Crippen MR) is 112 cm³/mol. The van der Waals surface area contributed by atoms with Crippen LogP contribution in [-0.2, 0) is 16.1 Å². The van der Waals surface area contributed by atoms with Crippen molar-refractivity contribution >= 4 is 29.1 Å². The predicted octanol–water partition coefficient (Wildman–Crippen LogP) is 4.83. The molecule has 0 radical (unpaired) electrons. The van der Waals surface area contributed by atoms with Crippen LogP contribution < -0.4 is 0 Å². The number of nitrogens with zero attached hydrogens (tertiary/aromatic N) is 3. The van der Waals surface area contributed by atoms with Crippen LogP contribution in [0.4, 0.5) is 0 Å². The first-order valence-electron chi connectivity index (χ1n) is 8.68. The summed E-state index contributed by atoms with van der Waals surface area (Å²) in [5, 5.41) is 11.3. The molecule has 2 heterocycles. The van der Waals surface area contributed by atoms with Crippen LogP contribution >= 0.6 is 23.1 Å². The summed E-state index contributed by atoms with van der Waals surface area (Å²) in [4.78, 5) is 13.2. The van der Waals surface area contributed by atoms with Gasteiger partial charge in [0, 0.05) is 5.69 Å². The lowest BCUT2D eigenvalue weighted by atomic mass is 10.2. The van der Waals surface area contributed by atoms with Crippen LogP contribution in [0, 0.1) is 0 Å². The fraction of sp³-hybridized carbons (Fsp3) is 0.0952. The van der Waals surface area contributed by atoms with Crippen LogP contribution in [0.2, 0.25) is 0 Å². The molecule has 5 nitrogen and oxygen atoms in total. The summed E-state index contributed by atoms with van der Waals surface area (Å²) in [6.07, 6.45) is 0. The summed E-state index contributed by atoms with van der Waals surface area (Å²) in [7, 11) is 0. The second-order valence-corrected chi connectivity index (χ2v) is 7.78. The Bertz CT molecular complexity index is 1030. The van der Waals surface area contributed by atoms with Crippen molar-refractivity contribution in [2.45, 2.75) is 11.8 Å². The van der Waals surface area contributed by atoms with Gasteiger partial charge >= 0.3 is 5.97 Å². The number of carbonyl (C=O) groups is 1. The van der Waals surface area contributed by atoms with Crippen molar-refractivity contribution < 1.29 is 9.53 Å². The average Bonchev–Trinajstić information content (AvgIpc) is 3.41. The third-order valence-corrected chi connectivity index (χ3v) is 5.72. The van der Waals surface area contributed by atoms with Crippen molar-refractivity contribution in [2.75, 3.05) is 5.75 Å². The fourth-order valence-electron chi connectivity index (χ4n) is 2.64. The number of hydrogen-bond donors (Lipinski definition) is 0. The molecule has 0 spiro atoms. The quantitative estimate of drug-likeness (QED) is 0.324. The number of benzene rings is 2. The van der Waals surface area contributed by atoms with E-state index in [0.717, 1.165) is 22.0 Å². The molecule has 0 aliphatic heterocycles. The molecule has 4 aromatic rings. The maximum Gasteiger partial charge on any atom is 0.316 e. The van der Waals surface area contributed by atoms with Crippen LogP contribution in [0.1, 0.15) is 5.56 Å². The van der Waals surface area contributed by atoms with Gasteiger partial charge in [0.1, 0.15) is 6.61 Å². The second kappa shape index (κ2) is 8.86. The number of thiophene rings is 1. The van der Waals surface area contributed by atoms with Gasteiger partial charge in [-0.3, -0.25) is 9.36 Å². The van der Waals surface area contributed by atoms with Crippen LogP contribution in [0.25, 0.3) is 16.4 Å². The molecule has 4 rings (SSSR count). The lowest BCUT2D eigenvalue weighted by molar-refractivity contribution is -0.141. The molecular formula is C21H17N3O2S2. The number of aromatic nitrogens is 3. The molecule has 0 atom stereocenters. The van der Waals surface area contributed by atoms with Gasteiger partial charge in [0.05, 0.1) is 10.6 Å². The molecule has 0 aliphatic carbocycles. The van der Waals surface area contributed by atoms with Gasteiger partial charge in [-0.1, -0.05) is 66.4 Å². The number of para-hydroxylation sites is 1. The van der Waals surface area contributed by atoms with Crippen LogP contribution in [-0.4, -0.2) is 26.5 Å². The Labute approximate surface area is 171 Å². The zero-order valence-corrected chi connectivity index (χ0v) is 16.5. The van der Waals surface area contributed by atoms with E-state index in [1.807, 2.05) is 82.7 Å². The normalized spacial score (nSPS) is 10.7. The zero-order chi connectivity index (χ0) is 19.2. The van der Waals surface area contributed by atoms with Gasteiger partial charge in [0.15, 0.2) is 11.0 Å².